The van der Waals surface area contributed by atoms with Gasteiger partial charge in [0.1, 0.15) is 6.61 Å². The zero-order valence-corrected chi connectivity index (χ0v) is 7.47. The molecule has 3 heteroatoms. The van der Waals surface area contributed by atoms with Gasteiger partial charge in [-0.15, -0.1) is 0 Å². The summed E-state index contributed by atoms with van der Waals surface area (Å²) in [5.74, 6) is 0. The summed E-state index contributed by atoms with van der Waals surface area (Å²) in [6, 6.07) is 0. The standard InChI is InChI=1S/C8H18O3/c1-3-5-6-9-7-8-11-10-4-2/h3-8H2,1-2H3. The van der Waals surface area contributed by atoms with Crippen LogP contribution in [0.25, 0.3) is 0 Å². The fraction of sp³-hybridized carbons (Fsp3) is 1.00. The third-order valence-electron chi connectivity index (χ3n) is 1.15. The molecule has 0 saturated carbocycles. The van der Waals surface area contributed by atoms with Crippen LogP contribution in [0, 0.1) is 0 Å². The van der Waals surface area contributed by atoms with Crippen LogP contribution in [0.2, 0.25) is 0 Å². The quantitative estimate of drug-likeness (QED) is 0.309. The Bertz CT molecular complexity index is 58.4. The molecular formula is C8H18O3. The van der Waals surface area contributed by atoms with Gasteiger partial charge in [0.15, 0.2) is 0 Å². The van der Waals surface area contributed by atoms with Gasteiger partial charge in [-0.25, -0.2) is 9.78 Å². The van der Waals surface area contributed by atoms with Crippen LogP contribution in [0.3, 0.4) is 0 Å². The Kier molecular flexibility index (Phi) is 9.77. The summed E-state index contributed by atoms with van der Waals surface area (Å²) < 4.78 is 5.22. The second kappa shape index (κ2) is 9.88. The van der Waals surface area contributed by atoms with E-state index >= 15 is 0 Å². The van der Waals surface area contributed by atoms with Gasteiger partial charge in [-0.05, 0) is 13.3 Å². The van der Waals surface area contributed by atoms with Gasteiger partial charge in [0.25, 0.3) is 0 Å². The summed E-state index contributed by atoms with van der Waals surface area (Å²) in [6.07, 6.45) is 2.29. The van der Waals surface area contributed by atoms with Crippen LogP contribution >= 0.6 is 0 Å². The summed E-state index contributed by atoms with van der Waals surface area (Å²) in [5, 5.41) is 0. The molecule has 0 aromatic carbocycles. The van der Waals surface area contributed by atoms with Crippen molar-refractivity contribution in [2.45, 2.75) is 26.7 Å². The molecule has 0 bridgehead atoms. The first-order chi connectivity index (χ1) is 5.41. The molecule has 0 radical (unpaired) electrons. The molecule has 0 unspecified atom stereocenters. The van der Waals surface area contributed by atoms with Gasteiger partial charge in [0, 0.05) is 6.61 Å². The lowest BCUT2D eigenvalue weighted by atomic mass is 10.4. The van der Waals surface area contributed by atoms with E-state index in [1.54, 1.807) is 0 Å². The van der Waals surface area contributed by atoms with Crippen molar-refractivity contribution in [1.82, 2.24) is 0 Å². The highest BCUT2D eigenvalue weighted by atomic mass is 17.2. The molecule has 0 atom stereocenters. The van der Waals surface area contributed by atoms with E-state index in [1.165, 1.54) is 6.42 Å². The number of hydrogen-bond donors (Lipinski definition) is 0. The molecule has 0 heterocycles. The monoisotopic (exact) mass is 162 g/mol. The maximum absolute atomic E-state index is 5.22. The van der Waals surface area contributed by atoms with Gasteiger partial charge in [-0.2, -0.15) is 0 Å². The minimum absolute atomic E-state index is 0.525. The highest BCUT2D eigenvalue weighted by Gasteiger charge is 1.88. The van der Waals surface area contributed by atoms with E-state index in [2.05, 4.69) is 11.8 Å². The average Bonchev–Trinajstić information content (AvgIpc) is 2.03. The van der Waals surface area contributed by atoms with Crippen molar-refractivity contribution < 1.29 is 14.5 Å². The molecule has 0 fully saturated rings. The second-order valence-corrected chi connectivity index (χ2v) is 2.19. The van der Waals surface area contributed by atoms with Crippen LogP contribution in [0.4, 0.5) is 0 Å². The Morgan fingerprint density at radius 2 is 1.73 bits per heavy atom. The van der Waals surface area contributed by atoms with Gasteiger partial charge in [-0.1, -0.05) is 13.3 Å². The highest BCUT2D eigenvalue weighted by molar-refractivity contribution is 4.31. The first-order valence-corrected chi connectivity index (χ1v) is 4.24. The summed E-state index contributed by atoms with van der Waals surface area (Å²) in [5.41, 5.74) is 0. The summed E-state index contributed by atoms with van der Waals surface area (Å²) in [7, 11) is 0. The Balaban J connectivity index is 2.69. The van der Waals surface area contributed by atoms with Gasteiger partial charge in [0.2, 0.25) is 0 Å². The van der Waals surface area contributed by atoms with Crippen molar-refractivity contribution in [3.63, 3.8) is 0 Å². The second-order valence-electron chi connectivity index (χ2n) is 2.19. The molecule has 0 aliphatic heterocycles. The molecule has 0 aromatic rings. The van der Waals surface area contributed by atoms with Crippen molar-refractivity contribution in [1.29, 1.82) is 0 Å². The molecule has 11 heavy (non-hydrogen) atoms. The van der Waals surface area contributed by atoms with Gasteiger partial charge in [-0.3, -0.25) is 0 Å². The van der Waals surface area contributed by atoms with E-state index in [9.17, 15) is 0 Å². The minimum Gasteiger partial charge on any atom is -0.379 e. The highest BCUT2D eigenvalue weighted by Crippen LogP contribution is 1.87. The Morgan fingerprint density at radius 3 is 2.36 bits per heavy atom. The summed E-state index contributed by atoms with van der Waals surface area (Å²) >= 11 is 0. The molecule has 0 rings (SSSR count). The van der Waals surface area contributed by atoms with Gasteiger partial charge < -0.3 is 4.74 Å². The Labute approximate surface area is 68.6 Å². The van der Waals surface area contributed by atoms with Crippen LogP contribution in [0.1, 0.15) is 26.7 Å². The number of ether oxygens (including phenoxy) is 1. The first-order valence-electron chi connectivity index (χ1n) is 4.24. The number of hydrogen-bond acceptors (Lipinski definition) is 3. The van der Waals surface area contributed by atoms with Gasteiger partial charge in [0.05, 0.1) is 13.2 Å². The molecule has 0 N–H and O–H groups in total. The van der Waals surface area contributed by atoms with E-state index in [0.29, 0.717) is 19.8 Å². The van der Waals surface area contributed by atoms with Crippen LogP contribution < -0.4 is 0 Å². The zero-order chi connectivity index (χ0) is 8.36. The topological polar surface area (TPSA) is 27.7 Å². The molecule has 0 aromatic heterocycles. The zero-order valence-electron chi connectivity index (χ0n) is 7.47. The van der Waals surface area contributed by atoms with E-state index in [-0.39, 0.29) is 0 Å². The summed E-state index contributed by atoms with van der Waals surface area (Å²) in [4.78, 5) is 9.40. The largest absolute Gasteiger partial charge is 0.379 e. The van der Waals surface area contributed by atoms with Crippen LogP contribution in [-0.4, -0.2) is 26.4 Å². The lowest BCUT2D eigenvalue weighted by Gasteiger charge is -2.02. The van der Waals surface area contributed by atoms with Crippen LogP contribution in [-0.2, 0) is 14.5 Å². The predicted molar refractivity (Wildman–Crippen MR) is 43.3 cm³/mol. The molecular weight excluding hydrogens is 144 g/mol. The normalized spacial score (nSPS) is 10.4. The lowest BCUT2D eigenvalue weighted by Crippen LogP contribution is -2.05. The molecule has 0 amide bonds. The summed E-state index contributed by atoms with van der Waals surface area (Å²) in [6.45, 7) is 6.59. The van der Waals surface area contributed by atoms with Crippen molar-refractivity contribution >= 4 is 0 Å². The van der Waals surface area contributed by atoms with Gasteiger partial charge >= 0.3 is 0 Å². The van der Waals surface area contributed by atoms with Crippen molar-refractivity contribution in [3.8, 4) is 0 Å². The van der Waals surface area contributed by atoms with Crippen molar-refractivity contribution in [2.75, 3.05) is 26.4 Å². The van der Waals surface area contributed by atoms with E-state index in [4.69, 9.17) is 9.62 Å². The number of rotatable bonds is 8. The third kappa shape index (κ3) is 9.88. The van der Waals surface area contributed by atoms with E-state index < -0.39 is 0 Å². The SMILES string of the molecule is CCCCOCCOOCC. The lowest BCUT2D eigenvalue weighted by molar-refractivity contribution is -0.295. The van der Waals surface area contributed by atoms with Crippen molar-refractivity contribution in [3.05, 3.63) is 0 Å². The predicted octanol–water partition coefficient (Wildman–Crippen LogP) is 1.77. The smallest absolute Gasteiger partial charge is 0.106 e. The maximum Gasteiger partial charge on any atom is 0.106 e. The fourth-order valence-electron chi connectivity index (χ4n) is 0.584. The molecule has 0 saturated heterocycles. The number of unbranched alkanes of at least 4 members (excludes halogenated alkanes) is 1. The van der Waals surface area contributed by atoms with Crippen molar-refractivity contribution in [2.24, 2.45) is 0 Å². The minimum atomic E-state index is 0.525. The molecule has 0 spiro atoms. The maximum atomic E-state index is 5.22. The molecule has 0 aliphatic rings. The Morgan fingerprint density at radius 1 is 0.909 bits per heavy atom. The first kappa shape index (κ1) is 10.9. The molecule has 68 valence electrons. The van der Waals surface area contributed by atoms with E-state index in [1.807, 2.05) is 6.92 Å². The third-order valence-corrected chi connectivity index (χ3v) is 1.15. The van der Waals surface area contributed by atoms with Crippen LogP contribution in [0.15, 0.2) is 0 Å². The van der Waals surface area contributed by atoms with E-state index in [0.717, 1.165) is 13.0 Å². The average molecular weight is 162 g/mol. The van der Waals surface area contributed by atoms with Crippen LogP contribution in [0.5, 0.6) is 0 Å². The fourth-order valence-corrected chi connectivity index (χ4v) is 0.584. The molecule has 3 nitrogen and oxygen atoms in total. The Hall–Kier alpha value is -0.120. The molecule has 0 aliphatic carbocycles.